The number of carbonyl (C=O) groups excluding carboxylic acids is 1. The van der Waals surface area contributed by atoms with Gasteiger partial charge in [0.1, 0.15) is 83.2 Å². The standard InChI is InChI=1S/C35H42O21/c1-11-29(51-12(2)37)26(46)28(48)34(50-11)56-32-25(45)22(42)19(10-49-33-27(47)24(44)21(41)18(9-36)53-33)54-35(32)55-31-23(43)20-16(40)7-15(39)8-17(20)52-30(31)13-3-5-14(38)6-4-13/h3-8,11,18-19,21-22,24-29,32-36,38-42,44-48H,9-10H2,1-2H3/t11-,18+,19+,21+,22+,24-,25-,26-,27+,28+,29-,32+,33+,34-,35-/m0/s1. The van der Waals surface area contributed by atoms with Crippen molar-refractivity contribution in [1.82, 2.24) is 0 Å². The van der Waals surface area contributed by atoms with Gasteiger partial charge in [0, 0.05) is 24.6 Å². The lowest BCUT2D eigenvalue weighted by Gasteiger charge is -2.46. The Morgan fingerprint density at radius 2 is 1.36 bits per heavy atom. The Kier molecular flexibility index (Phi) is 12.4. The van der Waals surface area contributed by atoms with E-state index in [1.54, 1.807) is 0 Å². The van der Waals surface area contributed by atoms with Crippen LogP contribution < -0.4 is 10.2 Å². The average molecular weight is 799 g/mol. The van der Waals surface area contributed by atoms with Crippen molar-refractivity contribution in [3.63, 3.8) is 0 Å². The van der Waals surface area contributed by atoms with Crippen molar-refractivity contribution in [2.45, 2.75) is 106 Å². The number of hydrogen-bond donors (Lipinski definition) is 11. The van der Waals surface area contributed by atoms with Gasteiger partial charge in [0.05, 0.1) is 19.3 Å². The van der Waals surface area contributed by atoms with Crippen LogP contribution in [-0.2, 0) is 33.2 Å². The molecule has 15 atom stereocenters. The number of rotatable bonds is 10. The molecule has 3 fully saturated rings. The maximum Gasteiger partial charge on any atom is 0.303 e. The van der Waals surface area contributed by atoms with E-state index < -0.39 is 139 Å². The molecule has 0 unspecified atom stereocenters. The van der Waals surface area contributed by atoms with Crippen LogP contribution in [-0.4, -0.2) is 167 Å². The Hall–Kier alpha value is -4.20. The van der Waals surface area contributed by atoms with Crippen LogP contribution in [0.15, 0.2) is 45.6 Å². The van der Waals surface area contributed by atoms with E-state index in [-0.39, 0.29) is 22.7 Å². The monoisotopic (exact) mass is 798 g/mol. The first-order chi connectivity index (χ1) is 26.5. The summed E-state index contributed by atoms with van der Waals surface area (Å²) in [6, 6.07) is 7.05. The molecule has 3 aromatic rings. The Morgan fingerprint density at radius 1 is 0.732 bits per heavy atom. The third-order valence-electron chi connectivity index (χ3n) is 9.57. The Bertz CT molecular complexity index is 1900. The summed E-state index contributed by atoms with van der Waals surface area (Å²) in [5.74, 6) is -3.21. The number of aliphatic hydroxyl groups is 8. The molecule has 56 heavy (non-hydrogen) atoms. The van der Waals surface area contributed by atoms with E-state index in [0.717, 1.165) is 19.1 Å². The molecular weight excluding hydrogens is 756 g/mol. The van der Waals surface area contributed by atoms with Crippen LogP contribution >= 0.6 is 0 Å². The maximum absolute atomic E-state index is 14.1. The van der Waals surface area contributed by atoms with Crippen LogP contribution in [0.5, 0.6) is 23.0 Å². The first-order valence-corrected chi connectivity index (χ1v) is 17.3. The number of carbonyl (C=O) groups is 1. The molecule has 0 spiro atoms. The van der Waals surface area contributed by atoms with Crippen LogP contribution in [0, 0.1) is 0 Å². The summed E-state index contributed by atoms with van der Waals surface area (Å²) in [6.07, 6.45) is -26.1. The van der Waals surface area contributed by atoms with Crippen LogP contribution in [0.4, 0.5) is 0 Å². The molecule has 308 valence electrons. The van der Waals surface area contributed by atoms with Gasteiger partial charge in [-0.1, -0.05) is 0 Å². The number of aromatic hydroxyl groups is 3. The number of phenols is 3. The molecule has 0 aliphatic carbocycles. The minimum Gasteiger partial charge on any atom is -0.508 e. The molecule has 0 amide bonds. The van der Waals surface area contributed by atoms with E-state index in [1.807, 2.05) is 0 Å². The Labute approximate surface area is 315 Å². The second-order valence-corrected chi connectivity index (χ2v) is 13.5. The summed E-state index contributed by atoms with van der Waals surface area (Å²) >= 11 is 0. The van der Waals surface area contributed by atoms with E-state index in [2.05, 4.69) is 0 Å². The number of benzene rings is 2. The molecule has 1 aromatic heterocycles. The normalized spacial score (nSPS) is 36.3. The first kappa shape index (κ1) is 41.4. The summed E-state index contributed by atoms with van der Waals surface area (Å²) < 4.78 is 45.5. The Morgan fingerprint density at radius 3 is 2.02 bits per heavy atom. The highest BCUT2D eigenvalue weighted by molar-refractivity contribution is 5.88. The quantitative estimate of drug-likeness (QED) is 0.0911. The van der Waals surface area contributed by atoms with Crippen molar-refractivity contribution in [3.8, 4) is 34.3 Å². The average Bonchev–Trinajstić information content (AvgIpc) is 3.15. The van der Waals surface area contributed by atoms with Crippen molar-refractivity contribution in [1.29, 1.82) is 0 Å². The van der Waals surface area contributed by atoms with Gasteiger partial charge in [-0.25, -0.2) is 0 Å². The van der Waals surface area contributed by atoms with Crippen molar-refractivity contribution in [2.75, 3.05) is 13.2 Å². The van der Waals surface area contributed by atoms with Crippen LogP contribution in [0.3, 0.4) is 0 Å². The zero-order chi connectivity index (χ0) is 40.7. The fraction of sp³-hybridized carbons (Fsp3) is 0.543. The molecule has 21 nitrogen and oxygen atoms in total. The lowest BCUT2D eigenvalue weighted by atomic mass is 9.97. The molecule has 0 saturated carbocycles. The van der Waals surface area contributed by atoms with Gasteiger partial charge < -0.3 is 93.7 Å². The highest BCUT2D eigenvalue weighted by Gasteiger charge is 2.53. The number of phenolic OH excluding ortho intramolecular Hbond substituents is 3. The van der Waals surface area contributed by atoms with Gasteiger partial charge in [-0.05, 0) is 31.2 Å². The third-order valence-corrected chi connectivity index (χ3v) is 9.57. The van der Waals surface area contributed by atoms with E-state index >= 15 is 0 Å². The molecule has 0 radical (unpaired) electrons. The molecule has 3 aliphatic rings. The smallest absolute Gasteiger partial charge is 0.303 e. The molecule has 3 aliphatic heterocycles. The minimum absolute atomic E-state index is 0.107. The van der Waals surface area contributed by atoms with E-state index in [1.165, 1.54) is 31.2 Å². The van der Waals surface area contributed by atoms with E-state index in [9.17, 15) is 65.8 Å². The molecule has 2 aromatic carbocycles. The highest BCUT2D eigenvalue weighted by atomic mass is 16.8. The summed E-state index contributed by atoms with van der Waals surface area (Å²) in [5.41, 5.74) is -1.24. The van der Waals surface area contributed by atoms with Gasteiger partial charge in [-0.3, -0.25) is 9.59 Å². The zero-order valence-electron chi connectivity index (χ0n) is 29.5. The number of ether oxygens (including phenoxy) is 7. The lowest BCUT2D eigenvalue weighted by Crippen LogP contribution is -2.65. The second kappa shape index (κ2) is 16.7. The van der Waals surface area contributed by atoms with Crippen molar-refractivity contribution < 1.29 is 98.5 Å². The van der Waals surface area contributed by atoms with Gasteiger partial charge in [0.15, 0.2) is 30.5 Å². The molecule has 4 heterocycles. The molecule has 3 saturated heterocycles. The second-order valence-electron chi connectivity index (χ2n) is 13.5. The molecule has 11 N–H and O–H groups in total. The van der Waals surface area contributed by atoms with Gasteiger partial charge in [0.25, 0.3) is 0 Å². The van der Waals surface area contributed by atoms with Gasteiger partial charge in [-0.2, -0.15) is 0 Å². The van der Waals surface area contributed by atoms with Crippen LogP contribution in [0.2, 0.25) is 0 Å². The van der Waals surface area contributed by atoms with Crippen molar-refractivity contribution >= 4 is 16.9 Å². The highest BCUT2D eigenvalue weighted by Crippen LogP contribution is 2.39. The SMILES string of the molecule is CC(=O)O[C@@H]1[C@@H](O)[C@@H](O)[C@H](O[C@H]2[C@H](Oc3c(-c4ccc(O)cc4)oc4cc(O)cc(O)c4c3=O)O[C@H](CO[C@@H]3O[C@H](CO)[C@@H](O)[C@H](O)[C@H]3O)[C@@H](O)[C@@H]2O)O[C@H]1C. The van der Waals surface area contributed by atoms with Crippen molar-refractivity contribution in [3.05, 3.63) is 46.6 Å². The number of fused-ring (bicyclic) bond motifs is 1. The first-order valence-electron chi connectivity index (χ1n) is 17.3. The summed E-state index contributed by atoms with van der Waals surface area (Å²) in [7, 11) is 0. The number of aliphatic hydroxyl groups excluding tert-OH is 8. The topological polar surface area (TPSA) is 334 Å². The predicted molar refractivity (Wildman–Crippen MR) is 181 cm³/mol. The minimum atomic E-state index is -2.07. The van der Waals surface area contributed by atoms with Crippen LogP contribution in [0.1, 0.15) is 13.8 Å². The van der Waals surface area contributed by atoms with Crippen molar-refractivity contribution in [2.24, 2.45) is 0 Å². The van der Waals surface area contributed by atoms with E-state index in [0.29, 0.717) is 0 Å². The van der Waals surface area contributed by atoms with Gasteiger partial charge in [0.2, 0.25) is 17.5 Å². The zero-order valence-corrected chi connectivity index (χ0v) is 29.5. The molecular formula is C35H42O21. The molecule has 21 heteroatoms. The fourth-order valence-corrected chi connectivity index (χ4v) is 6.60. The summed E-state index contributed by atoms with van der Waals surface area (Å²) in [4.78, 5) is 25.7. The predicted octanol–water partition coefficient (Wildman–Crippen LogP) is -3.00. The Balaban J connectivity index is 1.38. The molecule has 6 rings (SSSR count). The maximum atomic E-state index is 14.1. The largest absolute Gasteiger partial charge is 0.508 e. The van der Waals surface area contributed by atoms with Gasteiger partial charge in [-0.15, -0.1) is 0 Å². The molecule has 0 bridgehead atoms. The van der Waals surface area contributed by atoms with Crippen LogP contribution in [0.25, 0.3) is 22.3 Å². The summed E-state index contributed by atoms with van der Waals surface area (Å²) in [5, 5.41) is 115. The number of esters is 1. The van der Waals surface area contributed by atoms with Gasteiger partial charge >= 0.3 is 5.97 Å². The fourth-order valence-electron chi connectivity index (χ4n) is 6.60. The van der Waals surface area contributed by atoms with E-state index in [4.69, 9.17) is 37.6 Å². The third kappa shape index (κ3) is 8.13. The summed E-state index contributed by atoms with van der Waals surface area (Å²) in [6.45, 7) is 0.922. The lowest BCUT2D eigenvalue weighted by molar-refractivity contribution is -0.360. The number of hydrogen-bond acceptors (Lipinski definition) is 21.